The van der Waals surface area contributed by atoms with E-state index in [0.29, 0.717) is 12.8 Å². The molecule has 1 saturated carbocycles. The van der Waals surface area contributed by atoms with Crippen molar-refractivity contribution in [2.24, 2.45) is 11.8 Å². The molecule has 6 heteroatoms. The molecule has 0 spiro atoms. The second-order valence-electron chi connectivity index (χ2n) is 10.4. The molecule has 0 radical (unpaired) electrons. The van der Waals surface area contributed by atoms with E-state index in [1.807, 2.05) is 0 Å². The molecule has 1 aliphatic carbocycles. The molecule has 0 aliphatic heterocycles. The normalized spacial score (nSPS) is 19.2. The van der Waals surface area contributed by atoms with Gasteiger partial charge in [-0.25, -0.2) is 4.79 Å². The van der Waals surface area contributed by atoms with E-state index in [9.17, 15) is 18.0 Å². The van der Waals surface area contributed by atoms with Crippen molar-refractivity contribution in [3.8, 4) is 5.75 Å². The Kier molecular flexibility index (Phi) is 13.4. The number of rotatable bonds is 16. The molecule has 0 amide bonds. The van der Waals surface area contributed by atoms with Crippen molar-refractivity contribution in [1.82, 2.24) is 0 Å². The molecule has 0 N–H and O–H groups in total. The van der Waals surface area contributed by atoms with Gasteiger partial charge in [0, 0.05) is 0 Å². The predicted molar refractivity (Wildman–Crippen MR) is 139 cm³/mol. The van der Waals surface area contributed by atoms with Crippen molar-refractivity contribution < 1.29 is 27.4 Å². The summed E-state index contributed by atoms with van der Waals surface area (Å²) in [5, 5.41) is 0. The van der Waals surface area contributed by atoms with Crippen molar-refractivity contribution in [3.63, 3.8) is 0 Å². The molecular weight excluding hydrogens is 465 g/mol. The van der Waals surface area contributed by atoms with Gasteiger partial charge in [-0.2, -0.15) is 13.2 Å². The van der Waals surface area contributed by atoms with E-state index in [1.165, 1.54) is 76.3 Å². The van der Waals surface area contributed by atoms with Crippen LogP contribution < -0.4 is 4.74 Å². The van der Waals surface area contributed by atoms with Gasteiger partial charge in [-0.1, -0.05) is 82.9 Å². The highest BCUT2D eigenvalue weighted by Crippen LogP contribution is 2.38. The molecule has 0 saturated heterocycles. The minimum absolute atomic E-state index is 0.0167. The van der Waals surface area contributed by atoms with Crippen molar-refractivity contribution in [2.75, 3.05) is 0 Å². The smallest absolute Gasteiger partial charge is 0.416 e. The third-order valence-electron chi connectivity index (χ3n) is 7.00. The van der Waals surface area contributed by atoms with E-state index in [1.54, 1.807) is 13.8 Å². The van der Waals surface area contributed by atoms with Crippen molar-refractivity contribution >= 4 is 5.97 Å². The maximum absolute atomic E-state index is 13.1. The Morgan fingerprint density at radius 2 is 1.78 bits per heavy atom. The fourth-order valence-corrected chi connectivity index (χ4v) is 5.07. The number of hydrogen-bond acceptors (Lipinski definition) is 3. The van der Waals surface area contributed by atoms with E-state index in [-0.39, 0.29) is 11.9 Å². The summed E-state index contributed by atoms with van der Waals surface area (Å²) in [6, 6.07) is 4.63. The molecule has 204 valence electrons. The molecular formula is C30H45F3O3. The topological polar surface area (TPSA) is 35.5 Å². The largest absolute Gasteiger partial charge is 0.479 e. The average molecular weight is 511 g/mol. The zero-order valence-electron chi connectivity index (χ0n) is 22.3. The van der Waals surface area contributed by atoms with Crippen LogP contribution in [0.4, 0.5) is 13.2 Å². The van der Waals surface area contributed by atoms with Crippen LogP contribution >= 0.6 is 0 Å². The highest BCUT2D eigenvalue weighted by Gasteiger charge is 2.31. The molecule has 1 aromatic carbocycles. The Morgan fingerprint density at radius 1 is 1.06 bits per heavy atom. The van der Waals surface area contributed by atoms with Crippen LogP contribution in [0.3, 0.4) is 0 Å². The van der Waals surface area contributed by atoms with Gasteiger partial charge in [0.2, 0.25) is 0 Å². The molecule has 2 rings (SSSR count). The van der Waals surface area contributed by atoms with Gasteiger partial charge in [0.25, 0.3) is 0 Å². The molecule has 36 heavy (non-hydrogen) atoms. The second kappa shape index (κ2) is 16.0. The molecule has 1 aromatic rings. The van der Waals surface area contributed by atoms with Gasteiger partial charge >= 0.3 is 12.1 Å². The summed E-state index contributed by atoms with van der Waals surface area (Å²) >= 11 is 0. The Balaban J connectivity index is 1.84. The standard InChI is InChI=1S/C30H45F3O3/c1-4-5-6-7-8-10-15-24-17-13-18-25(24)16-11-9-12-21-28(29(34)35-23(2)3)36-27-20-14-19-26(22-27)30(31,32)33/h9,11,14,19-20,22-25,28H,4-8,10,12-13,15-18,21H2,1-3H3/t24-,25-,28?/m0/s1. The van der Waals surface area contributed by atoms with Gasteiger partial charge in [-0.15, -0.1) is 0 Å². The number of alkyl halides is 3. The average Bonchev–Trinajstić information content (AvgIpc) is 3.26. The van der Waals surface area contributed by atoms with E-state index < -0.39 is 23.8 Å². The van der Waals surface area contributed by atoms with Crippen LogP contribution in [0.15, 0.2) is 36.4 Å². The summed E-state index contributed by atoms with van der Waals surface area (Å²) in [5.41, 5.74) is -0.803. The zero-order valence-corrected chi connectivity index (χ0v) is 22.3. The molecule has 1 fully saturated rings. The Morgan fingerprint density at radius 3 is 2.50 bits per heavy atom. The Labute approximate surface area is 215 Å². The lowest BCUT2D eigenvalue weighted by Gasteiger charge is -2.20. The number of benzene rings is 1. The van der Waals surface area contributed by atoms with E-state index in [2.05, 4.69) is 19.1 Å². The fraction of sp³-hybridized carbons (Fsp3) is 0.700. The lowest BCUT2D eigenvalue weighted by Crippen LogP contribution is -2.31. The summed E-state index contributed by atoms with van der Waals surface area (Å²) < 4.78 is 50.1. The second-order valence-corrected chi connectivity index (χ2v) is 10.4. The van der Waals surface area contributed by atoms with Crippen LogP contribution in [-0.4, -0.2) is 18.2 Å². The number of allylic oxidation sites excluding steroid dienone is 2. The number of carbonyl (C=O) groups is 1. The molecule has 0 aromatic heterocycles. The summed E-state index contributed by atoms with van der Waals surface area (Å²) in [6.45, 7) is 5.72. The molecule has 0 bridgehead atoms. The molecule has 0 heterocycles. The summed E-state index contributed by atoms with van der Waals surface area (Å²) in [5.74, 6) is 1.02. The van der Waals surface area contributed by atoms with Crippen molar-refractivity contribution in [3.05, 3.63) is 42.0 Å². The van der Waals surface area contributed by atoms with Crippen LogP contribution in [0.1, 0.15) is 110 Å². The number of halogens is 3. The SMILES string of the molecule is CCCCCCCC[C@H]1CCC[C@@H]1CC=CCCC(Oc1cccc(C(F)(F)F)c1)C(=O)OC(C)C. The third-order valence-corrected chi connectivity index (χ3v) is 7.00. The highest BCUT2D eigenvalue weighted by atomic mass is 19.4. The first-order valence-electron chi connectivity index (χ1n) is 13.9. The van der Waals surface area contributed by atoms with Gasteiger partial charge in [0.15, 0.2) is 6.10 Å². The van der Waals surface area contributed by atoms with E-state index >= 15 is 0 Å². The first-order valence-corrected chi connectivity index (χ1v) is 13.9. The number of ether oxygens (including phenoxy) is 2. The quantitative estimate of drug-likeness (QED) is 0.126. The number of unbranched alkanes of at least 4 members (excludes halogenated alkanes) is 5. The maximum Gasteiger partial charge on any atom is 0.416 e. The molecule has 1 unspecified atom stereocenters. The highest BCUT2D eigenvalue weighted by molar-refractivity contribution is 5.75. The zero-order chi connectivity index (χ0) is 26.4. The Bertz CT molecular complexity index is 788. The van der Waals surface area contributed by atoms with Crippen LogP contribution in [0.25, 0.3) is 0 Å². The predicted octanol–water partition coefficient (Wildman–Crippen LogP) is 9.30. The maximum atomic E-state index is 13.1. The van der Waals surface area contributed by atoms with Gasteiger partial charge in [0.1, 0.15) is 5.75 Å². The molecule has 3 atom stereocenters. The minimum atomic E-state index is -4.47. The first-order chi connectivity index (χ1) is 17.2. The molecule has 1 aliphatic rings. The van der Waals surface area contributed by atoms with Crippen LogP contribution in [0.2, 0.25) is 0 Å². The van der Waals surface area contributed by atoms with Crippen molar-refractivity contribution in [2.45, 2.75) is 123 Å². The van der Waals surface area contributed by atoms with Crippen molar-refractivity contribution in [1.29, 1.82) is 0 Å². The van der Waals surface area contributed by atoms with Crippen LogP contribution in [-0.2, 0) is 15.7 Å². The third kappa shape index (κ3) is 11.4. The first kappa shape index (κ1) is 30.2. The van der Waals surface area contributed by atoms with Gasteiger partial charge in [-0.05, 0) is 69.6 Å². The molecule has 3 nitrogen and oxygen atoms in total. The van der Waals surface area contributed by atoms with E-state index in [4.69, 9.17) is 9.47 Å². The number of carbonyl (C=O) groups excluding carboxylic acids is 1. The Hall–Kier alpha value is -1.98. The van der Waals surface area contributed by atoms with Crippen LogP contribution in [0, 0.1) is 11.8 Å². The minimum Gasteiger partial charge on any atom is -0.479 e. The summed E-state index contributed by atoms with van der Waals surface area (Å²) in [4.78, 5) is 12.5. The number of hydrogen-bond donors (Lipinski definition) is 0. The lowest BCUT2D eigenvalue weighted by molar-refractivity contribution is -0.156. The fourth-order valence-electron chi connectivity index (χ4n) is 5.07. The van der Waals surface area contributed by atoms with E-state index in [0.717, 1.165) is 30.4 Å². The van der Waals surface area contributed by atoms with Gasteiger partial charge < -0.3 is 9.47 Å². The van der Waals surface area contributed by atoms with Gasteiger partial charge in [-0.3, -0.25) is 0 Å². The number of esters is 1. The lowest BCUT2D eigenvalue weighted by atomic mass is 9.88. The van der Waals surface area contributed by atoms with Crippen LogP contribution in [0.5, 0.6) is 5.75 Å². The summed E-state index contributed by atoms with van der Waals surface area (Å²) in [6.07, 6.45) is 13.8. The summed E-state index contributed by atoms with van der Waals surface area (Å²) in [7, 11) is 0. The monoisotopic (exact) mass is 510 g/mol. The van der Waals surface area contributed by atoms with Gasteiger partial charge in [0.05, 0.1) is 11.7 Å².